The van der Waals surface area contributed by atoms with E-state index in [9.17, 15) is 9.59 Å². The zero-order chi connectivity index (χ0) is 14.4. The predicted octanol–water partition coefficient (Wildman–Crippen LogP) is 2.69. The molecule has 0 spiro atoms. The third-order valence-electron chi connectivity index (χ3n) is 2.42. The third kappa shape index (κ3) is 3.58. The van der Waals surface area contributed by atoms with Crippen LogP contribution in [0.4, 0.5) is 0 Å². The standard InChI is InChI=1S/C15H12O5/c1-18-15(17)11-4-6-13(7-5-11)20-14(16)9-8-12-3-2-10-19-12/h2-10H,1H3/b9-8+. The van der Waals surface area contributed by atoms with Gasteiger partial charge in [0.05, 0.1) is 18.9 Å². The highest BCUT2D eigenvalue weighted by atomic mass is 16.5. The van der Waals surface area contributed by atoms with Gasteiger partial charge < -0.3 is 13.9 Å². The van der Waals surface area contributed by atoms with Crippen molar-refractivity contribution in [1.29, 1.82) is 0 Å². The molecule has 1 aromatic carbocycles. The van der Waals surface area contributed by atoms with Crippen LogP contribution >= 0.6 is 0 Å². The van der Waals surface area contributed by atoms with Crippen LogP contribution in [-0.2, 0) is 9.53 Å². The summed E-state index contributed by atoms with van der Waals surface area (Å²) in [4.78, 5) is 22.8. The van der Waals surface area contributed by atoms with Crippen LogP contribution < -0.4 is 4.74 Å². The van der Waals surface area contributed by atoms with Crippen LogP contribution in [0.25, 0.3) is 6.08 Å². The van der Waals surface area contributed by atoms with Crippen LogP contribution in [0.5, 0.6) is 5.75 Å². The molecule has 2 aromatic rings. The zero-order valence-corrected chi connectivity index (χ0v) is 10.7. The summed E-state index contributed by atoms with van der Waals surface area (Å²) in [5.74, 6) is -0.0810. The maximum atomic E-state index is 11.5. The van der Waals surface area contributed by atoms with Crippen LogP contribution in [-0.4, -0.2) is 19.0 Å². The van der Waals surface area contributed by atoms with Crippen molar-refractivity contribution < 1.29 is 23.5 Å². The van der Waals surface area contributed by atoms with Gasteiger partial charge in [0.25, 0.3) is 0 Å². The van der Waals surface area contributed by atoms with Gasteiger partial charge in [0.15, 0.2) is 0 Å². The molecule has 0 unspecified atom stereocenters. The molecule has 0 radical (unpaired) electrons. The van der Waals surface area contributed by atoms with Crippen molar-refractivity contribution >= 4 is 18.0 Å². The highest BCUT2D eigenvalue weighted by Gasteiger charge is 2.06. The minimum absolute atomic E-state index is 0.340. The van der Waals surface area contributed by atoms with Crippen molar-refractivity contribution in [2.45, 2.75) is 0 Å². The number of ether oxygens (including phenoxy) is 2. The lowest BCUT2D eigenvalue weighted by atomic mass is 10.2. The number of carbonyl (C=O) groups excluding carboxylic acids is 2. The summed E-state index contributed by atoms with van der Waals surface area (Å²) >= 11 is 0. The summed E-state index contributed by atoms with van der Waals surface area (Å²) in [7, 11) is 1.30. The second-order valence-electron chi connectivity index (χ2n) is 3.79. The van der Waals surface area contributed by atoms with Gasteiger partial charge in [-0.1, -0.05) is 0 Å². The SMILES string of the molecule is COC(=O)c1ccc(OC(=O)/C=C/c2ccco2)cc1. The fourth-order valence-corrected chi connectivity index (χ4v) is 1.46. The van der Waals surface area contributed by atoms with E-state index in [2.05, 4.69) is 4.74 Å². The highest BCUT2D eigenvalue weighted by molar-refractivity contribution is 5.90. The smallest absolute Gasteiger partial charge is 0.337 e. The normalized spacial score (nSPS) is 10.4. The molecule has 0 aliphatic heterocycles. The Balaban J connectivity index is 1.96. The molecule has 0 fully saturated rings. The van der Waals surface area contributed by atoms with E-state index in [4.69, 9.17) is 9.15 Å². The van der Waals surface area contributed by atoms with E-state index in [0.717, 1.165) is 0 Å². The second-order valence-corrected chi connectivity index (χ2v) is 3.79. The first-order valence-corrected chi connectivity index (χ1v) is 5.81. The Kier molecular flexibility index (Phi) is 4.34. The number of furan rings is 1. The van der Waals surface area contributed by atoms with Crippen molar-refractivity contribution in [3.8, 4) is 5.75 Å². The Morgan fingerprint density at radius 1 is 1.15 bits per heavy atom. The largest absolute Gasteiger partial charge is 0.465 e. The average molecular weight is 272 g/mol. The lowest BCUT2D eigenvalue weighted by Gasteiger charge is -2.02. The van der Waals surface area contributed by atoms with Crippen LogP contribution in [0.3, 0.4) is 0 Å². The minimum atomic E-state index is -0.535. The van der Waals surface area contributed by atoms with Gasteiger partial charge in [-0.25, -0.2) is 9.59 Å². The van der Waals surface area contributed by atoms with Gasteiger partial charge >= 0.3 is 11.9 Å². The molecule has 2 rings (SSSR count). The fourth-order valence-electron chi connectivity index (χ4n) is 1.46. The number of carbonyl (C=O) groups is 2. The molecule has 0 N–H and O–H groups in total. The first kappa shape index (κ1) is 13.6. The molecule has 5 heteroatoms. The molecule has 0 bridgehead atoms. The van der Waals surface area contributed by atoms with Crippen molar-refractivity contribution in [2.24, 2.45) is 0 Å². The maximum absolute atomic E-state index is 11.5. The molecular formula is C15H12O5. The molecule has 0 saturated carbocycles. The first-order chi connectivity index (χ1) is 9.69. The Labute approximate surface area is 115 Å². The van der Waals surface area contributed by atoms with E-state index < -0.39 is 11.9 Å². The zero-order valence-electron chi connectivity index (χ0n) is 10.7. The van der Waals surface area contributed by atoms with E-state index in [1.54, 1.807) is 12.1 Å². The Morgan fingerprint density at radius 3 is 2.50 bits per heavy atom. The number of hydrogen-bond donors (Lipinski definition) is 0. The Morgan fingerprint density at radius 2 is 1.90 bits per heavy atom. The summed E-state index contributed by atoms with van der Waals surface area (Å²) in [5, 5.41) is 0. The molecule has 0 saturated heterocycles. The Hall–Kier alpha value is -2.82. The molecule has 0 atom stereocenters. The molecule has 1 aromatic heterocycles. The monoisotopic (exact) mass is 272 g/mol. The number of benzene rings is 1. The van der Waals surface area contributed by atoms with Crippen molar-refractivity contribution in [3.05, 3.63) is 60.1 Å². The van der Waals surface area contributed by atoms with E-state index in [1.807, 2.05) is 0 Å². The molecule has 20 heavy (non-hydrogen) atoms. The van der Waals surface area contributed by atoms with Gasteiger partial charge in [-0.2, -0.15) is 0 Å². The number of hydrogen-bond acceptors (Lipinski definition) is 5. The van der Waals surface area contributed by atoms with E-state index in [-0.39, 0.29) is 0 Å². The first-order valence-electron chi connectivity index (χ1n) is 5.81. The van der Waals surface area contributed by atoms with Crippen molar-refractivity contribution in [1.82, 2.24) is 0 Å². The fraction of sp³-hybridized carbons (Fsp3) is 0.0667. The van der Waals surface area contributed by atoms with Crippen molar-refractivity contribution in [2.75, 3.05) is 7.11 Å². The van der Waals surface area contributed by atoms with Crippen LogP contribution in [0, 0.1) is 0 Å². The maximum Gasteiger partial charge on any atom is 0.337 e. The van der Waals surface area contributed by atoms with Gasteiger partial charge in [-0.15, -0.1) is 0 Å². The average Bonchev–Trinajstić information content (AvgIpc) is 2.98. The van der Waals surface area contributed by atoms with Gasteiger partial charge in [-0.3, -0.25) is 0 Å². The highest BCUT2D eigenvalue weighted by Crippen LogP contribution is 2.13. The summed E-state index contributed by atoms with van der Waals surface area (Å²) < 4.78 is 14.7. The molecule has 0 aliphatic carbocycles. The van der Waals surface area contributed by atoms with Crippen molar-refractivity contribution in [3.63, 3.8) is 0 Å². The number of rotatable bonds is 4. The number of esters is 2. The third-order valence-corrected chi connectivity index (χ3v) is 2.42. The van der Waals surface area contributed by atoms with Crippen LogP contribution in [0.1, 0.15) is 16.1 Å². The molecule has 0 aliphatic rings. The molecule has 1 heterocycles. The minimum Gasteiger partial charge on any atom is -0.465 e. The lowest BCUT2D eigenvalue weighted by Crippen LogP contribution is -2.05. The predicted molar refractivity (Wildman–Crippen MR) is 71.2 cm³/mol. The summed E-state index contributed by atoms with van der Waals surface area (Å²) in [5.41, 5.74) is 0.387. The van der Waals surface area contributed by atoms with Gasteiger partial charge in [0.1, 0.15) is 11.5 Å². The van der Waals surface area contributed by atoms with E-state index in [0.29, 0.717) is 17.1 Å². The molecular weight excluding hydrogens is 260 g/mol. The summed E-state index contributed by atoms with van der Waals surface area (Å²) in [6, 6.07) is 9.51. The topological polar surface area (TPSA) is 65.7 Å². The second kappa shape index (κ2) is 6.38. The summed E-state index contributed by atoms with van der Waals surface area (Å²) in [6.45, 7) is 0. The van der Waals surface area contributed by atoms with Crippen LogP contribution in [0.15, 0.2) is 53.2 Å². The number of methoxy groups -OCH3 is 1. The van der Waals surface area contributed by atoms with E-state index in [1.165, 1.54) is 49.8 Å². The van der Waals surface area contributed by atoms with Gasteiger partial charge in [0.2, 0.25) is 0 Å². The van der Waals surface area contributed by atoms with E-state index >= 15 is 0 Å². The van der Waals surface area contributed by atoms with Gasteiger partial charge in [0, 0.05) is 6.08 Å². The summed E-state index contributed by atoms with van der Waals surface area (Å²) in [6.07, 6.45) is 4.27. The lowest BCUT2D eigenvalue weighted by molar-refractivity contribution is -0.128. The quantitative estimate of drug-likeness (QED) is 0.486. The van der Waals surface area contributed by atoms with Crippen LogP contribution in [0.2, 0.25) is 0 Å². The van der Waals surface area contributed by atoms with Gasteiger partial charge in [-0.05, 0) is 42.5 Å². The molecule has 102 valence electrons. The Bertz CT molecular complexity index is 608. The molecule has 0 amide bonds. The molecule has 5 nitrogen and oxygen atoms in total.